The van der Waals surface area contributed by atoms with E-state index in [1.165, 1.54) is 6.07 Å². The van der Waals surface area contributed by atoms with Gasteiger partial charge in [-0.05, 0) is 23.6 Å². The minimum absolute atomic E-state index is 0.0577. The van der Waals surface area contributed by atoms with Crippen LogP contribution < -0.4 is 5.32 Å². The van der Waals surface area contributed by atoms with Crippen LogP contribution >= 0.6 is 0 Å². The summed E-state index contributed by atoms with van der Waals surface area (Å²) in [7, 11) is 0. The number of carbonyl (C=O) groups excluding carboxylic acids is 2. The Bertz CT molecular complexity index is 1020. The van der Waals surface area contributed by atoms with Gasteiger partial charge in [-0.3, -0.25) is 9.36 Å². The van der Waals surface area contributed by atoms with E-state index in [-0.39, 0.29) is 29.6 Å². The summed E-state index contributed by atoms with van der Waals surface area (Å²) >= 11 is 0. The fourth-order valence-corrected chi connectivity index (χ4v) is 3.14. The van der Waals surface area contributed by atoms with Crippen LogP contribution in [0.3, 0.4) is 0 Å². The van der Waals surface area contributed by atoms with Crippen LogP contribution in [0.1, 0.15) is 31.8 Å². The average molecular weight is 415 g/mol. The van der Waals surface area contributed by atoms with E-state index in [1.807, 2.05) is 30.3 Å². The maximum Gasteiger partial charge on any atom is 0.329 e. The number of alkyl halides is 2. The molecule has 30 heavy (non-hydrogen) atoms. The fourth-order valence-electron chi connectivity index (χ4n) is 3.14. The Morgan fingerprint density at radius 2 is 1.73 bits per heavy atom. The maximum atomic E-state index is 13.5. The number of imidazole rings is 1. The normalized spacial score (nSPS) is 12.3. The average Bonchev–Trinajstić information content (AvgIpc) is 3.09. The van der Waals surface area contributed by atoms with Crippen molar-refractivity contribution in [1.82, 2.24) is 14.9 Å². The first-order valence-electron chi connectivity index (χ1n) is 9.60. The zero-order valence-electron chi connectivity index (χ0n) is 16.7. The highest BCUT2D eigenvalue weighted by atomic mass is 19.3. The number of carbonyl (C=O) groups is 2. The number of amides is 1. The summed E-state index contributed by atoms with van der Waals surface area (Å²) in [6.07, 6.45) is 0.124. The van der Waals surface area contributed by atoms with E-state index in [9.17, 15) is 18.4 Å². The topological polar surface area (TPSA) is 73.2 Å². The molecule has 3 aromatic rings. The van der Waals surface area contributed by atoms with Crippen molar-refractivity contribution in [1.29, 1.82) is 0 Å². The molecule has 1 atom stereocenters. The number of aromatic nitrogens is 2. The van der Waals surface area contributed by atoms with Gasteiger partial charge in [0, 0.05) is 0 Å². The van der Waals surface area contributed by atoms with E-state index < -0.39 is 25.2 Å². The molecule has 1 heterocycles. The first kappa shape index (κ1) is 21.4. The van der Waals surface area contributed by atoms with Crippen molar-refractivity contribution in [2.45, 2.75) is 39.5 Å². The van der Waals surface area contributed by atoms with Crippen molar-refractivity contribution < 1.29 is 23.1 Å². The van der Waals surface area contributed by atoms with E-state index in [2.05, 4.69) is 10.3 Å². The minimum Gasteiger partial charge on any atom is -0.456 e. The zero-order valence-corrected chi connectivity index (χ0v) is 16.7. The number of esters is 1. The summed E-state index contributed by atoms with van der Waals surface area (Å²) in [5.41, 5.74) is 1.46. The van der Waals surface area contributed by atoms with Crippen LogP contribution in [-0.2, 0) is 27.4 Å². The number of hydrogen-bond acceptors (Lipinski definition) is 4. The Labute approximate surface area is 172 Å². The summed E-state index contributed by atoms with van der Waals surface area (Å²) in [6, 6.07) is 14.7. The summed E-state index contributed by atoms with van der Waals surface area (Å²) in [5, 5.41) is 2.68. The fraction of sp³-hybridized carbons (Fsp3) is 0.318. The lowest BCUT2D eigenvalue weighted by Gasteiger charge is -2.21. The van der Waals surface area contributed by atoms with Crippen molar-refractivity contribution in [2.75, 3.05) is 0 Å². The van der Waals surface area contributed by atoms with Gasteiger partial charge in [0.25, 0.3) is 0 Å². The van der Waals surface area contributed by atoms with Crippen LogP contribution in [0, 0.1) is 5.92 Å². The second kappa shape index (κ2) is 9.47. The van der Waals surface area contributed by atoms with Gasteiger partial charge in [-0.25, -0.2) is 9.78 Å². The summed E-state index contributed by atoms with van der Waals surface area (Å²) in [6.45, 7) is 0.291. The lowest BCUT2D eigenvalue weighted by Crippen LogP contribution is -2.45. The molecule has 0 aliphatic carbocycles. The molecule has 0 spiro atoms. The van der Waals surface area contributed by atoms with Crippen LogP contribution in [0.2, 0.25) is 0 Å². The molecule has 0 unspecified atom stereocenters. The molecule has 0 saturated heterocycles. The standard InChI is InChI=1S/C22H23F2N3O3/c1-14(2)20(26-19(28)12-15-8-4-3-5-9-15)21(29)30-13-18-25-16-10-6-7-11-17(16)27(18)22(23)24/h3-11,14,20,22H,12-13H2,1-2H3,(H,26,28)/t20-/m1/s1. The quantitative estimate of drug-likeness (QED) is 0.567. The van der Waals surface area contributed by atoms with Gasteiger partial charge in [0.1, 0.15) is 12.6 Å². The van der Waals surface area contributed by atoms with Gasteiger partial charge in [-0.15, -0.1) is 0 Å². The van der Waals surface area contributed by atoms with E-state index in [0.717, 1.165) is 10.1 Å². The van der Waals surface area contributed by atoms with Crippen LogP contribution in [0.4, 0.5) is 8.78 Å². The molecule has 0 aliphatic heterocycles. The van der Waals surface area contributed by atoms with Gasteiger partial charge < -0.3 is 10.1 Å². The summed E-state index contributed by atoms with van der Waals surface area (Å²) < 4.78 is 33.0. The van der Waals surface area contributed by atoms with Crippen LogP contribution in [0.25, 0.3) is 11.0 Å². The zero-order chi connectivity index (χ0) is 21.7. The molecular weight excluding hydrogens is 392 g/mol. The first-order chi connectivity index (χ1) is 14.4. The number of nitrogens with zero attached hydrogens (tertiary/aromatic N) is 2. The van der Waals surface area contributed by atoms with Gasteiger partial charge >= 0.3 is 12.5 Å². The first-order valence-corrected chi connectivity index (χ1v) is 9.60. The molecule has 0 bridgehead atoms. The highest BCUT2D eigenvalue weighted by molar-refractivity contribution is 5.85. The summed E-state index contributed by atoms with van der Waals surface area (Å²) in [5.74, 6) is -1.32. The second-order valence-electron chi connectivity index (χ2n) is 7.22. The van der Waals surface area contributed by atoms with E-state index in [4.69, 9.17) is 4.74 Å². The number of benzene rings is 2. The number of nitrogens with one attached hydrogen (secondary N) is 1. The molecule has 6 nitrogen and oxygen atoms in total. The predicted octanol–water partition coefficient (Wildman–Crippen LogP) is 3.86. The van der Waals surface area contributed by atoms with Crippen LogP contribution in [-0.4, -0.2) is 27.5 Å². The van der Waals surface area contributed by atoms with Gasteiger partial charge in [0.15, 0.2) is 5.82 Å². The molecule has 0 aliphatic rings. The van der Waals surface area contributed by atoms with E-state index in [0.29, 0.717) is 5.52 Å². The molecule has 2 aromatic carbocycles. The summed E-state index contributed by atoms with van der Waals surface area (Å²) in [4.78, 5) is 29.1. The van der Waals surface area contributed by atoms with Crippen molar-refractivity contribution in [3.8, 4) is 0 Å². The predicted molar refractivity (Wildman–Crippen MR) is 108 cm³/mol. The largest absolute Gasteiger partial charge is 0.456 e. The molecule has 158 valence electrons. The smallest absolute Gasteiger partial charge is 0.329 e. The molecule has 1 amide bonds. The van der Waals surface area contributed by atoms with Gasteiger partial charge in [0.05, 0.1) is 17.5 Å². The number of hydrogen-bond donors (Lipinski definition) is 1. The third-order valence-electron chi connectivity index (χ3n) is 4.65. The van der Waals surface area contributed by atoms with E-state index in [1.54, 1.807) is 32.0 Å². The highest BCUT2D eigenvalue weighted by Crippen LogP contribution is 2.23. The van der Waals surface area contributed by atoms with E-state index >= 15 is 0 Å². The lowest BCUT2D eigenvalue weighted by molar-refractivity contribution is -0.150. The molecule has 0 fully saturated rings. The third kappa shape index (κ3) is 5.00. The molecule has 1 N–H and O–H groups in total. The molecular formula is C22H23F2N3O3. The lowest BCUT2D eigenvalue weighted by atomic mass is 10.0. The number of rotatable bonds is 8. The van der Waals surface area contributed by atoms with Gasteiger partial charge in [-0.1, -0.05) is 56.3 Å². The van der Waals surface area contributed by atoms with Gasteiger partial charge in [-0.2, -0.15) is 8.78 Å². The Hall–Kier alpha value is -3.29. The minimum atomic E-state index is -2.82. The van der Waals surface area contributed by atoms with Crippen LogP contribution in [0.5, 0.6) is 0 Å². The van der Waals surface area contributed by atoms with Crippen LogP contribution in [0.15, 0.2) is 54.6 Å². The number of fused-ring (bicyclic) bond motifs is 1. The Morgan fingerprint density at radius 3 is 2.40 bits per heavy atom. The molecule has 3 rings (SSSR count). The number of ether oxygens (including phenoxy) is 1. The Balaban J connectivity index is 1.68. The van der Waals surface area contributed by atoms with Crippen molar-refractivity contribution in [3.05, 3.63) is 66.0 Å². The molecule has 1 aromatic heterocycles. The number of halogens is 2. The SMILES string of the molecule is CC(C)[C@@H](NC(=O)Cc1ccccc1)C(=O)OCc1nc2ccccc2n1C(F)F. The van der Waals surface area contributed by atoms with Crippen molar-refractivity contribution in [2.24, 2.45) is 5.92 Å². The number of para-hydroxylation sites is 2. The second-order valence-corrected chi connectivity index (χ2v) is 7.22. The molecule has 0 radical (unpaired) electrons. The molecule has 8 heteroatoms. The van der Waals surface area contributed by atoms with Gasteiger partial charge in [0.2, 0.25) is 5.91 Å². The maximum absolute atomic E-state index is 13.5. The Morgan fingerprint density at radius 1 is 1.07 bits per heavy atom. The monoisotopic (exact) mass is 415 g/mol. The van der Waals surface area contributed by atoms with Crippen molar-refractivity contribution >= 4 is 22.9 Å². The van der Waals surface area contributed by atoms with Crippen molar-refractivity contribution in [3.63, 3.8) is 0 Å². The third-order valence-corrected chi connectivity index (χ3v) is 4.65. The molecule has 0 saturated carbocycles. The highest BCUT2D eigenvalue weighted by Gasteiger charge is 2.27. The Kier molecular flexibility index (Phi) is 6.76.